The number of unbranched alkanes of at least 4 members (excludes halogenated alkanes) is 26. The first-order chi connectivity index (χ1) is 28.4. The minimum atomic E-state index is 0. The van der Waals surface area contributed by atoms with Crippen LogP contribution in [0.2, 0.25) is 0 Å². The average molecular weight is 874 g/mol. The van der Waals surface area contributed by atoms with E-state index in [0.717, 1.165) is 39.1 Å². The number of aliphatic hydroxyl groups is 1. The van der Waals surface area contributed by atoms with Gasteiger partial charge >= 0.3 is 0 Å². The van der Waals surface area contributed by atoms with Crippen molar-refractivity contribution in [1.82, 2.24) is 15.3 Å². The first kappa shape index (κ1) is 71.8. The number of hydrogen-bond donors (Lipinski definition) is 3. The van der Waals surface area contributed by atoms with Crippen LogP contribution >= 0.6 is 0 Å². The molecule has 0 aromatic rings. The molecule has 1 aliphatic carbocycles. The van der Waals surface area contributed by atoms with Crippen LogP contribution in [0.5, 0.6) is 0 Å². The van der Waals surface area contributed by atoms with Crippen molar-refractivity contribution in [1.29, 1.82) is 0 Å². The number of aliphatic hydroxyl groups excluding tert-OH is 1. The molecule has 0 unspecified atom stereocenters. The smallest absolute Gasteiger partial charge is 0.135 e. The van der Waals surface area contributed by atoms with Crippen LogP contribution in [0.4, 0.5) is 0 Å². The van der Waals surface area contributed by atoms with Crippen LogP contribution in [0, 0.1) is 6.42 Å². The lowest BCUT2D eigenvalue weighted by Crippen LogP contribution is -2.41. The molecule has 373 valence electrons. The maximum Gasteiger partial charge on any atom is 0.135 e. The lowest BCUT2D eigenvalue weighted by molar-refractivity contribution is -0.269. The lowest BCUT2D eigenvalue weighted by Gasteiger charge is -2.22. The van der Waals surface area contributed by atoms with E-state index in [0.29, 0.717) is 6.73 Å². The Hall–Kier alpha value is -0.800. The summed E-state index contributed by atoms with van der Waals surface area (Å²) in [6.07, 6.45) is 49.5. The van der Waals surface area contributed by atoms with Gasteiger partial charge in [0.2, 0.25) is 0 Å². The third-order valence-electron chi connectivity index (χ3n) is 11.0. The van der Waals surface area contributed by atoms with Crippen LogP contribution in [0.15, 0.2) is 23.3 Å². The maximum absolute atomic E-state index is 9.13. The summed E-state index contributed by atoms with van der Waals surface area (Å²) in [5, 5.41) is 20.0. The highest BCUT2D eigenvalue weighted by Gasteiger charge is 2.05. The second kappa shape index (κ2) is 65.8. The van der Waals surface area contributed by atoms with Crippen molar-refractivity contribution in [3.8, 4) is 0 Å². The summed E-state index contributed by atoms with van der Waals surface area (Å²) in [6.45, 7) is 23.4. The van der Waals surface area contributed by atoms with Crippen molar-refractivity contribution < 1.29 is 20.7 Å². The molecule has 0 saturated carbocycles. The Labute approximate surface area is 386 Å². The minimum Gasteiger partial charge on any atom is -0.412 e. The van der Waals surface area contributed by atoms with E-state index in [4.69, 9.17) is 10.4 Å². The fourth-order valence-electron chi connectivity index (χ4n) is 6.93. The molecule has 0 aromatic carbocycles. The molecule has 0 spiro atoms. The summed E-state index contributed by atoms with van der Waals surface area (Å²) in [6, 6.07) is 0. The molecule has 0 bridgehead atoms. The van der Waals surface area contributed by atoms with Crippen LogP contribution in [-0.4, -0.2) is 71.8 Å². The van der Waals surface area contributed by atoms with Crippen LogP contribution in [-0.2, 0) is 4.89 Å². The fraction of sp³-hybridized carbons (Fsp3) is 0.907. The van der Waals surface area contributed by atoms with Gasteiger partial charge < -0.3 is 10.6 Å². The van der Waals surface area contributed by atoms with Gasteiger partial charge in [-0.05, 0) is 52.4 Å². The van der Waals surface area contributed by atoms with Gasteiger partial charge in [-0.2, -0.15) is 0 Å². The molecule has 1 rings (SSSR count). The monoisotopic (exact) mass is 873 g/mol. The van der Waals surface area contributed by atoms with Gasteiger partial charge in [0.15, 0.2) is 0 Å². The molecule has 0 aromatic heterocycles. The number of hydrazine groups is 1. The second-order valence-electron chi connectivity index (χ2n) is 17.2. The van der Waals surface area contributed by atoms with Gasteiger partial charge in [0.1, 0.15) is 6.73 Å². The van der Waals surface area contributed by atoms with Gasteiger partial charge in [0, 0.05) is 32.7 Å². The topological polar surface area (TPSA) is 99.7 Å². The molecule has 7 heteroatoms. The van der Waals surface area contributed by atoms with Crippen molar-refractivity contribution in [3.63, 3.8) is 0 Å². The summed E-state index contributed by atoms with van der Waals surface area (Å²) in [4.78, 5) is 6.56. The summed E-state index contributed by atoms with van der Waals surface area (Å²) < 4.78 is 0. The molecule has 0 saturated heterocycles. The zero-order valence-corrected chi connectivity index (χ0v) is 41.5. The van der Waals surface area contributed by atoms with Crippen molar-refractivity contribution in [3.05, 3.63) is 29.7 Å². The summed E-state index contributed by atoms with van der Waals surface area (Å²) in [7, 11) is 0. The Morgan fingerprint density at radius 3 is 1.15 bits per heavy atom. The van der Waals surface area contributed by atoms with Crippen molar-refractivity contribution in [2.75, 3.05) is 46.1 Å². The molecular formula is C54H118N3O4. The minimum absolute atomic E-state index is 0. The van der Waals surface area contributed by atoms with Crippen molar-refractivity contribution >= 4 is 0 Å². The number of nitrogens with one attached hydrogen (secondary N) is 1. The Balaban J connectivity index is -0.000000174. The second-order valence-corrected chi connectivity index (χ2v) is 17.2. The van der Waals surface area contributed by atoms with Crippen LogP contribution < -0.4 is 5.43 Å². The Morgan fingerprint density at radius 1 is 0.492 bits per heavy atom. The van der Waals surface area contributed by atoms with Gasteiger partial charge in [-0.3, -0.25) is 15.6 Å². The van der Waals surface area contributed by atoms with Gasteiger partial charge in [-0.15, -0.1) is 0 Å². The Morgan fingerprint density at radius 2 is 0.836 bits per heavy atom. The van der Waals surface area contributed by atoms with Gasteiger partial charge in [0.25, 0.3) is 0 Å². The van der Waals surface area contributed by atoms with E-state index in [1.54, 1.807) is 0 Å². The van der Waals surface area contributed by atoms with Gasteiger partial charge in [-0.1, -0.05) is 253 Å². The normalized spacial score (nSPS) is 11.7. The molecule has 0 atom stereocenters. The number of nitrogens with zero attached hydrogens (tertiary/aromatic N) is 2. The van der Waals surface area contributed by atoms with E-state index < -0.39 is 0 Å². The molecule has 5 N–H and O–H groups in total. The third kappa shape index (κ3) is 65.9. The zero-order valence-electron chi connectivity index (χ0n) is 41.5. The number of rotatable bonds is 39. The quantitative estimate of drug-likeness (QED) is 0.0246. The molecule has 61 heavy (non-hydrogen) atoms. The van der Waals surface area contributed by atoms with Crippen LogP contribution in [0.3, 0.4) is 0 Å². The Kier molecular flexibility index (Phi) is 77.5. The molecule has 0 heterocycles. The van der Waals surface area contributed by atoms with E-state index in [9.17, 15) is 0 Å². The molecular weight excluding hydrogens is 755 g/mol. The van der Waals surface area contributed by atoms with E-state index >= 15 is 0 Å². The van der Waals surface area contributed by atoms with E-state index in [2.05, 4.69) is 94.2 Å². The van der Waals surface area contributed by atoms with E-state index in [1.807, 2.05) is 0 Å². The average Bonchev–Trinajstić information content (AvgIpc) is 3.23. The first-order valence-electron chi connectivity index (χ1n) is 25.6. The third-order valence-corrected chi connectivity index (χ3v) is 11.0. The predicted octanol–water partition coefficient (Wildman–Crippen LogP) is 16.7. The van der Waals surface area contributed by atoms with Crippen molar-refractivity contribution in [2.45, 2.75) is 276 Å². The highest BCUT2D eigenvalue weighted by molar-refractivity contribution is 5.28. The highest BCUT2D eigenvalue weighted by Crippen LogP contribution is 2.15. The zero-order chi connectivity index (χ0) is 43.4. The standard InChI is InChI=1S/C18H40N2O.C17H37NO2.C9H20.C8H11.2CH4.H2O/c1-3-5-7-9-11-13-15-19-20(17-18-21)16-14-12-10-8-6-4-2;1-3-5-7-9-11-13-15-18(17-20-19)16-14-12-10-8-6-4-2;1-3-5-7-9-8-6-4-2;1-7-3-5-8(2)6-4-7;;;/h19,21H,3-18H2,1-2H3;19H,3-17H2,1-2H3;3-9H2,1-2H3;3-5H,6H2,1-2H3;2*1H4;1H2. The van der Waals surface area contributed by atoms with Crippen LogP contribution in [0.1, 0.15) is 276 Å². The highest BCUT2D eigenvalue weighted by atomic mass is 17.1. The van der Waals surface area contributed by atoms with E-state index in [-0.39, 0.29) is 26.9 Å². The lowest BCUT2D eigenvalue weighted by atomic mass is 10.0. The number of hydrogen-bond acceptors (Lipinski definition) is 6. The molecule has 0 fully saturated rings. The maximum atomic E-state index is 9.13. The summed E-state index contributed by atoms with van der Waals surface area (Å²) in [5.41, 5.74) is 6.33. The molecule has 1 radical (unpaired) electrons. The molecule has 7 nitrogen and oxygen atoms in total. The van der Waals surface area contributed by atoms with Crippen LogP contribution in [0.25, 0.3) is 0 Å². The summed E-state index contributed by atoms with van der Waals surface area (Å²) >= 11 is 0. The fourth-order valence-corrected chi connectivity index (χ4v) is 6.93. The van der Waals surface area contributed by atoms with E-state index in [1.165, 1.54) is 210 Å². The van der Waals surface area contributed by atoms with Gasteiger partial charge in [0.05, 0.1) is 6.61 Å². The SMILES string of the molecule is C.C.CC1=CC=C(C)C[CH]1.CCCCCCCCC.CCCCCCCCN(CCCCCCCC)COO.CCCCCCCCNN(CCO)CCCCCCCC.O. The molecule has 1 aliphatic rings. The Bertz CT molecular complexity index is 754. The molecule has 0 amide bonds. The summed E-state index contributed by atoms with van der Waals surface area (Å²) in [5.74, 6) is 0. The van der Waals surface area contributed by atoms with Crippen molar-refractivity contribution in [2.24, 2.45) is 0 Å². The predicted molar refractivity (Wildman–Crippen MR) is 277 cm³/mol. The first-order valence-corrected chi connectivity index (χ1v) is 25.6. The van der Waals surface area contributed by atoms with Gasteiger partial charge in [-0.25, -0.2) is 9.90 Å². The number of allylic oxidation sites excluding steroid dienone is 4. The molecule has 0 aliphatic heterocycles. The largest absolute Gasteiger partial charge is 0.412 e.